The highest BCUT2D eigenvalue weighted by Gasteiger charge is 2.21. The van der Waals surface area contributed by atoms with Gasteiger partial charge < -0.3 is 10.1 Å². The van der Waals surface area contributed by atoms with Crippen molar-refractivity contribution in [3.8, 4) is 5.88 Å². The number of aromatic nitrogens is 3. The second-order valence-corrected chi connectivity index (χ2v) is 6.78. The summed E-state index contributed by atoms with van der Waals surface area (Å²) in [4.78, 5) is 4.40. The largest absolute Gasteiger partial charge is 0.480 e. The number of nitrogens with zero attached hydrogens (tertiary/aromatic N) is 3. The van der Waals surface area contributed by atoms with Gasteiger partial charge in [-0.1, -0.05) is 18.2 Å². The minimum atomic E-state index is -2.88. The number of nitrogens with one attached hydrogen (secondary N) is 1. The van der Waals surface area contributed by atoms with E-state index in [2.05, 4.69) is 36.4 Å². The third-order valence-corrected chi connectivity index (χ3v) is 4.72. The Balaban J connectivity index is 2.03. The second-order valence-electron chi connectivity index (χ2n) is 5.93. The average molecular weight is 441 g/mol. The maximum Gasteiger partial charge on any atom is 0.266 e. The van der Waals surface area contributed by atoms with Gasteiger partial charge in [0.1, 0.15) is 11.3 Å². The molecule has 2 heterocycles. The van der Waals surface area contributed by atoms with Crippen LogP contribution < -0.4 is 10.1 Å². The van der Waals surface area contributed by atoms with Crippen LogP contribution in [0.4, 0.5) is 19.0 Å². The molecule has 1 unspecified atom stereocenters. The lowest BCUT2D eigenvalue weighted by atomic mass is 10.0. The van der Waals surface area contributed by atoms with E-state index in [1.807, 2.05) is 0 Å². The van der Waals surface area contributed by atoms with Gasteiger partial charge in [-0.15, -0.1) is 5.10 Å². The van der Waals surface area contributed by atoms with Crippen molar-refractivity contribution in [2.24, 2.45) is 0 Å². The highest BCUT2D eigenvalue weighted by atomic mass is 79.9. The van der Waals surface area contributed by atoms with Gasteiger partial charge in [0.25, 0.3) is 6.43 Å². The lowest BCUT2D eigenvalue weighted by Gasteiger charge is -2.18. The summed E-state index contributed by atoms with van der Waals surface area (Å²) in [6.45, 7) is 3.42. The Bertz CT molecular complexity index is 1000. The number of fused-ring (bicyclic) bond motifs is 1. The molecule has 1 atom stereocenters. The first-order valence-electron chi connectivity index (χ1n) is 8.04. The van der Waals surface area contributed by atoms with Crippen LogP contribution in [0.25, 0.3) is 10.9 Å². The lowest BCUT2D eigenvalue weighted by Crippen LogP contribution is -2.12. The summed E-state index contributed by atoms with van der Waals surface area (Å²) in [7, 11) is 1.50. The molecular weight excluding hydrogens is 425 g/mol. The molecule has 142 valence electrons. The van der Waals surface area contributed by atoms with Gasteiger partial charge >= 0.3 is 0 Å². The van der Waals surface area contributed by atoms with Gasteiger partial charge in [-0.25, -0.2) is 18.2 Å². The fourth-order valence-electron chi connectivity index (χ4n) is 2.76. The third kappa shape index (κ3) is 3.69. The zero-order valence-corrected chi connectivity index (χ0v) is 16.3. The molecule has 0 aliphatic carbocycles. The monoisotopic (exact) mass is 440 g/mol. The number of ether oxygens (including phenoxy) is 1. The summed E-state index contributed by atoms with van der Waals surface area (Å²) < 4.78 is 46.2. The molecule has 0 saturated heterocycles. The van der Waals surface area contributed by atoms with E-state index in [4.69, 9.17) is 4.74 Å². The normalized spacial score (nSPS) is 12.4. The highest BCUT2D eigenvalue weighted by Crippen LogP contribution is 2.33. The van der Waals surface area contributed by atoms with Gasteiger partial charge in [0.2, 0.25) is 5.88 Å². The molecule has 0 bridgehead atoms. The SMILES string of the molecule is COc1nc2c(C)nnc(NC(C)c3cccc(C(F)F)c3F)c2cc1Br. The van der Waals surface area contributed by atoms with Gasteiger partial charge in [-0.05, 0) is 35.8 Å². The standard InChI is InChI=1S/C18H16BrF3N4O/c1-8(10-5-4-6-11(14(10)20)16(21)22)23-17-12-7-13(19)18(27-3)24-15(12)9(2)25-26-17/h4-8,16H,1-3H3,(H,23,26). The maximum absolute atomic E-state index is 14.4. The van der Waals surface area contributed by atoms with E-state index in [-0.39, 0.29) is 5.56 Å². The zero-order valence-electron chi connectivity index (χ0n) is 14.7. The Morgan fingerprint density at radius 3 is 2.56 bits per heavy atom. The number of hydrogen-bond acceptors (Lipinski definition) is 5. The fourth-order valence-corrected chi connectivity index (χ4v) is 3.24. The molecule has 1 aromatic carbocycles. The van der Waals surface area contributed by atoms with E-state index in [0.29, 0.717) is 32.8 Å². The average Bonchev–Trinajstić information content (AvgIpc) is 2.63. The second kappa shape index (κ2) is 7.67. The summed E-state index contributed by atoms with van der Waals surface area (Å²) in [6.07, 6.45) is -2.88. The van der Waals surface area contributed by atoms with E-state index in [1.165, 1.54) is 19.2 Å². The minimum absolute atomic E-state index is 0.115. The molecular formula is C18H16BrF3N4O. The van der Waals surface area contributed by atoms with Crippen LogP contribution in [0.1, 0.15) is 36.2 Å². The van der Waals surface area contributed by atoms with Crippen LogP contribution in [0.15, 0.2) is 28.7 Å². The molecule has 0 fully saturated rings. The van der Waals surface area contributed by atoms with Crippen LogP contribution in [0.2, 0.25) is 0 Å². The van der Waals surface area contributed by atoms with E-state index < -0.39 is 23.8 Å². The Labute approximate surface area is 162 Å². The number of hydrogen-bond donors (Lipinski definition) is 1. The number of benzene rings is 1. The van der Waals surface area contributed by atoms with Crippen LogP contribution in [0.3, 0.4) is 0 Å². The number of methoxy groups -OCH3 is 1. The van der Waals surface area contributed by atoms with Crippen LogP contribution in [0.5, 0.6) is 5.88 Å². The zero-order chi connectivity index (χ0) is 19.7. The van der Waals surface area contributed by atoms with E-state index in [0.717, 1.165) is 6.07 Å². The van der Waals surface area contributed by atoms with Crippen molar-refractivity contribution in [3.63, 3.8) is 0 Å². The Morgan fingerprint density at radius 2 is 1.89 bits per heavy atom. The van der Waals surface area contributed by atoms with E-state index >= 15 is 0 Å². The van der Waals surface area contributed by atoms with Crippen molar-refractivity contribution in [1.82, 2.24) is 15.2 Å². The van der Waals surface area contributed by atoms with Crippen molar-refractivity contribution in [2.75, 3.05) is 12.4 Å². The first-order valence-corrected chi connectivity index (χ1v) is 8.83. The van der Waals surface area contributed by atoms with Crippen molar-refractivity contribution in [3.05, 3.63) is 51.4 Å². The molecule has 27 heavy (non-hydrogen) atoms. The smallest absolute Gasteiger partial charge is 0.266 e. The summed E-state index contributed by atoms with van der Waals surface area (Å²) in [6, 6.07) is 5.08. The molecule has 2 aromatic heterocycles. The van der Waals surface area contributed by atoms with Gasteiger partial charge in [-0.3, -0.25) is 0 Å². The number of anilines is 1. The maximum atomic E-state index is 14.4. The van der Waals surface area contributed by atoms with Crippen molar-refractivity contribution in [2.45, 2.75) is 26.3 Å². The number of pyridine rings is 1. The molecule has 3 aromatic rings. The first-order chi connectivity index (χ1) is 12.8. The molecule has 5 nitrogen and oxygen atoms in total. The summed E-state index contributed by atoms with van der Waals surface area (Å²) in [5.41, 5.74) is 0.653. The van der Waals surface area contributed by atoms with Gasteiger partial charge in [0, 0.05) is 10.9 Å². The predicted molar refractivity (Wildman–Crippen MR) is 99.7 cm³/mol. The Kier molecular flexibility index (Phi) is 5.50. The number of rotatable bonds is 5. The van der Waals surface area contributed by atoms with Crippen LogP contribution in [0, 0.1) is 12.7 Å². The van der Waals surface area contributed by atoms with Crippen LogP contribution in [-0.2, 0) is 0 Å². The topological polar surface area (TPSA) is 59.9 Å². The first kappa shape index (κ1) is 19.3. The molecule has 0 spiro atoms. The molecule has 3 rings (SSSR count). The predicted octanol–water partition coefficient (Wildman–Crippen LogP) is 5.35. The summed E-state index contributed by atoms with van der Waals surface area (Å²) in [5.74, 6) is -0.174. The molecule has 9 heteroatoms. The van der Waals surface area contributed by atoms with Crippen LogP contribution in [-0.4, -0.2) is 22.3 Å². The molecule has 0 saturated carbocycles. The third-order valence-electron chi connectivity index (χ3n) is 4.15. The fraction of sp³-hybridized carbons (Fsp3) is 0.278. The Morgan fingerprint density at radius 1 is 1.19 bits per heavy atom. The molecule has 0 aliphatic heterocycles. The van der Waals surface area contributed by atoms with Gasteiger partial charge in [0.15, 0.2) is 5.82 Å². The number of halogens is 4. The lowest BCUT2D eigenvalue weighted by molar-refractivity contribution is 0.146. The quantitative estimate of drug-likeness (QED) is 0.578. The van der Waals surface area contributed by atoms with Gasteiger partial charge in [0.05, 0.1) is 28.9 Å². The Hall–Kier alpha value is -2.42. The minimum Gasteiger partial charge on any atom is -0.480 e. The summed E-state index contributed by atoms with van der Waals surface area (Å²) >= 11 is 3.38. The number of alkyl halides is 2. The molecule has 0 aliphatic rings. The van der Waals surface area contributed by atoms with E-state index in [9.17, 15) is 13.2 Å². The number of aryl methyl sites for hydroxylation is 1. The van der Waals surface area contributed by atoms with Crippen LogP contribution >= 0.6 is 15.9 Å². The van der Waals surface area contributed by atoms with E-state index in [1.54, 1.807) is 19.9 Å². The molecule has 1 N–H and O–H groups in total. The molecule has 0 amide bonds. The summed E-state index contributed by atoms with van der Waals surface area (Å²) in [5, 5.41) is 11.9. The highest BCUT2D eigenvalue weighted by molar-refractivity contribution is 9.10. The molecule has 0 radical (unpaired) electrons. The van der Waals surface area contributed by atoms with Crippen molar-refractivity contribution < 1.29 is 17.9 Å². The van der Waals surface area contributed by atoms with Crippen molar-refractivity contribution >= 4 is 32.7 Å². The van der Waals surface area contributed by atoms with Gasteiger partial charge in [-0.2, -0.15) is 5.10 Å². The van der Waals surface area contributed by atoms with Crippen molar-refractivity contribution in [1.29, 1.82) is 0 Å².